The van der Waals surface area contributed by atoms with Crippen molar-refractivity contribution in [2.45, 2.75) is 40.5 Å². The number of ether oxygens (including phenoxy) is 2. The normalized spacial score (nSPS) is 14.6. The van der Waals surface area contributed by atoms with Gasteiger partial charge in [-0.05, 0) is 43.0 Å². The molecule has 0 atom stereocenters. The number of amides is 3. The zero-order chi connectivity index (χ0) is 29.3. The molecular weight excluding hydrogens is 510 g/mol. The summed E-state index contributed by atoms with van der Waals surface area (Å²) in [5.41, 5.74) is 2.34. The molecule has 0 unspecified atom stereocenters. The van der Waals surface area contributed by atoms with E-state index in [1.165, 1.54) is 0 Å². The predicted octanol–water partition coefficient (Wildman–Crippen LogP) is 3.76. The minimum absolute atomic E-state index is 0.000986. The molecule has 0 bridgehead atoms. The Morgan fingerprint density at radius 1 is 1.05 bits per heavy atom. The summed E-state index contributed by atoms with van der Waals surface area (Å²) in [7, 11) is 3.25. The molecule has 0 saturated carbocycles. The summed E-state index contributed by atoms with van der Waals surface area (Å²) in [5.74, 6) is 1.84. The molecule has 1 aromatic carbocycles. The number of nitrogens with zero attached hydrogens (tertiary/aromatic N) is 4. The Labute approximate surface area is 239 Å². The van der Waals surface area contributed by atoms with Gasteiger partial charge in [0.2, 0.25) is 5.91 Å². The smallest absolute Gasteiger partial charge is 0.318 e. The summed E-state index contributed by atoms with van der Waals surface area (Å²) in [6, 6.07) is 7.09. The van der Waals surface area contributed by atoms with Crippen molar-refractivity contribution < 1.29 is 19.1 Å². The molecule has 222 valence electrons. The summed E-state index contributed by atoms with van der Waals surface area (Å²) < 4.78 is 10.7. The van der Waals surface area contributed by atoms with E-state index in [0.29, 0.717) is 43.7 Å². The van der Waals surface area contributed by atoms with Gasteiger partial charge in [0.15, 0.2) is 11.6 Å². The molecule has 3 heterocycles. The number of urea groups is 1. The number of aromatic nitrogens is 2. The summed E-state index contributed by atoms with van der Waals surface area (Å²) >= 11 is 0. The highest BCUT2D eigenvalue weighted by atomic mass is 16.5. The summed E-state index contributed by atoms with van der Waals surface area (Å²) in [5, 5.41) is 8.36. The molecule has 0 aliphatic carbocycles. The molecule has 0 spiro atoms. The molecule has 0 radical (unpaired) electrons. The third-order valence-corrected chi connectivity index (χ3v) is 6.49. The fourth-order valence-corrected chi connectivity index (χ4v) is 4.35. The summed E-state index contributed by atoms with van der Waals surface area (Å²) in [6.45, 7) is 13.2. The van der Waals surface area contributed by atoms with Crippen LogP contribution in [0.1, 0.15) is 40.5 Å². The minimum atomic E-state index is -0.279. The largest absolute Gasteiger partial charge is 0.383 e. The zero-order valence-electron chi connectivity index (χ0n) is 25.0. The maximum atomic E-state index is 12.7. The van der Waals surface area contributed by atoms with Crippen LogP contribution >= 0.6 is 0 Å². The third-order valence-electron chi connectivity index (χ3n) is 6.49. The van der Waals surface area contributed by atoms with Crippen molar-refractivity contribution in [1.82, 2.24) is 20.6 Å². The second-order valence-corrected chi connectivity index (χ2v) is 8.95. The number of fused-ring (bicyclic) bond motifs is 1. The van der Waals surface area contributed by atoms with Gasteiger partial charge in [-0.3, -0.25) is 4.79 Å². The van der Waals surface area contributed by atoms with Crippen LogP contribution in [0.15, 0.2) is 30.5 Å². The Bertz CT molecular complexity index is 1030. The van der Waals surface area contributed by atoms with E-state index >= 15 is 0 Å². The number of methoxy groups -OCH3 is 1. The highest BCUT2D eigenvalue weighted by Gasteiger charge is 2.27. The first kappa shape index (κ1) is 32.8. The molecule has 2 aliphatic rings. The number of hydrogen-bond acceptors (Lipinski definition) is 8. The van der Waals surface area contributed by atoms with Crippen molar-refractivity contribution in [3.63, 3.8) is 0 Å². The minimum Gasteiger partial charge on any atom is -0.383 e. The van der Waals surface area contributed by atoms with Crippen molar-refractivity contribution >= 4 is 29.1 Å². The molecule has 2 aliphatic heterocycles. The molecule has 2 aromatic rings. The molecule has 3 N–H and O–H groups in total. The van der Waals surface area contributed by atoms with E-state index in [2.05, 4.69) is 25.8 Å². The highest BCUT2D eigenvalue weighted by molar-refractivity contribution is 5.89. The molecule has 1 saturated heterocycles. The fourth-order valence-electron chi connectivity index (χ4n) is 4.35. The molecule has 4 rings (SSSR count). The van der Waals surface area contributed by atoms with Crippen molar-refractivity contribution in [3.05, 3.63) is 30.5 Å². The van der Waals surface area contributed by atoms with Gasteiger partial charge in [-0.15, -0.1) is 0 Å². The number of hydrogen-bond donors (Lipinski definition) is 3. The maximum Gasteiger partial charge on any atom is 0.318 e. The predicted molar refractivity (Wildman–Crippen MR) is 161 cm³/mol. The molecule has 40 heavy (non-hydrogen) atoms. The van der Waals surface area contributed by atoms with Crippen LogP contribution in [0.4, 0.5) is 22.0 Å². The van der Waals surface area contributed by atoms with Crippen LogP contribution in [-0.4, -0.2) is 88.6 Å². The first-order valence-corrected chi connectivity index (χ1v) is 14.4. The van der Waals surface area contributed by atoms with Gasteiger partial charge >= 0.3 is 6.03 Å². The van der Waals surface area contributed by atoms with Crippen LogP contribution in [0.2, 0.25) is 0 Å². The van der Waals surface area contributed by atoms with Gasteiger partial charge in [0.25, 0.3) is 0 Å². The van der Waals surface area contributed by atoms with Crippen LogP contribution in [0, 0.1) is 5.92 Å². The Balaban J connectivity index is 0.00000134. The average molecular weight is 558 g/mol. The van der Waals surface area contributed by atoms with Crippen molar-refractivity contribution in [2.75, 3.05) is 81.8 Å². The third kappa shape index (κ3) is 9.63. The van der Waals surface area contributed by atoms with Crippen LogP contribution < -0.4 is 25.8 Å². The van der Waals surface area contributed by atoms with Crippen molar-refractivity contribution in [3.8, 4) is 11.4 Å². The Hall–Kier alpha value is -3.44. The quantitative estimate of drug-likeness (QED) is 0.426. The maximum absolute atomic E-state index is 12.7. The Morgan fingerprint density at radius 3 is 2.38 bits per heavy atom. The lowest BCUT2D eigenvalue weighted by Crippen LogP contribution is -2.47. The van der Waals surface area contributed by atoms with Gasteiger partial charge in [-0.25, -0.2) is 14.8 Å². The van der Waals surface area contributed by atoms with Gasteiger partial charge < -0.3 is 35.2 Å². The average Bonchev–Trinajstić information content (AvgIpc) is 3.02. The number of anilines is 3. The van der Waals surface area contributed by atoms with E-state index < -0.39 is 0 Å². The number of carbonyl (C=O) groups excluding carboxylic acids is 2. The summed E-state index contributed by atoms with van der Waals surface area (Å²) in [4.78, 5) is 38.0. The molecule has 1 fully saturated rings. The molecular formula is C29H47N7O4. The van der Waals surface area contributed by atoms with E-state index in [4.69, 9.17) is 14.5 Å². The van der Waals surface area contributed by atoms with E-state index in [1.54, 1.807) is 20.4 Å². The molecule has 11 heteroatoms. The SMILES string of the molecule is CC.CC.CNC(=O)Nc1ccc(-c2ncc3c(n2)N(CCOC)CCN3CC(=O)NCC2CCOCC2)cc1. The lowest BCUT2D eigenvalue weighted by molar-refractivity contribution is -0.120. The van der Waals surface area contributed by atoms with Gasteiger partial charge in [-0.1, -0.05) is 27.7 Å². The zero-order valence-corrected chi connectivity index (χ0v) is 25.0. The van der Waals surface area contributed by atoms with Crippen LogP contribution in [0.25, 0.3) is 11.4 Å². The van der Waals surface area contributed by atoms with E-state index in [9.17, 15) is 9.59 Å². The van der Waals surface area contributed by atoms with E-state index in [1.807, 2.05) is 56.9 Å². The second kappa shape index (κ2) is 18.0. The number of carbonyl (C=O) groups is 2. The summed E-state index contributed by atoms with van der Waals surface area (Å²) in [6.07, 6.45) is 3.76. The van der Waals surface area contributed by atoms with Gasteiger partial charge in [-0.2, -0.15) is 0 Å². The van der Waals surface area contributed by atoms with Crippen LogP contribution in [0.3, 0.4) is 0 Å². The van der Waals surface area contributed by atoms with E-state index in [-0.39, 0.29) is 18.5 Å². The molecule has 11 nitrogen and oxygen atoms in total. The second-order valence-electron chi connectivity index (χ2n) is 8.95. The van der Waals surface area contributed by atoms with Crippen molar-refractivity contribution in [1.29, 1.82) is 0 Å². The van der Waals surface area contributed by atoms with Crippen LogP contribution in [0.5, 0.6) is 0 Å². The number of benzene rings is 1. The standard InChI is InChI=1S/C25H35N7O4.2C2H6/c1-26-25(34)29-20-5-3-19(4-6-20)23-28-16-21-24(30-23)31(11-14-35-2)9-10-32(21)17-22(33)27-15-18-7-12-36-13-8-18;2*1-2/h3-6,16,18H,7-15,17H2,1-2H3,(H,27,33)(H2,26,29,34);2*1-2H3. The lowest BCUT2D eigenvalue weighted by Gasteiger charge is -2.37. The Kier molecular flexibility index (Phi) is 14.8. The number of rotatable bonds is 9. The fraction of sp³-hybridized carbons (Fsp3) is 0.586. The molecule has 1 aromatic heterocycles. The highest BCUT2D eigenvalue weighted by Crippen LogP contribution is 2.32. The van der Waals surface area contributed by atoms with Gasteiger partial charge in [0.1, 0.15) is 0 Å². The van der Waals surface area contributed by atoms with Gasteiger partial charge in [0.05, 0.1) is 25.0 Å². The van der Waals surface area contributed by atoms with Gasteiger partial charge in [0, 0.05) is 64.8 Å². The topological polar surface area (TPSA) is 121 Å². The first-order valence-electron chi connectivity index (χ1n) is 14.4. The van der Waals surface area contributed by atoms with Crippen molar-refractivity contribution in [2.24, 2.45) is 5.92 Å². The first-order chi connectivity index (χ1) is 19.6. The van der Waals surface area contributed by atoms with E-state index in [0.717, 1.165) is 49.7 Å². The number of nitrogens with one attached hydrogen (secondary N) is 3. The Morgan fingerprint density at radius 2 is 1.73 bits per heavy atom. The monoisotopic (exact) mass is 557 g/mol. The lowest BCUT2D eigenvalue weighted by atomic mass is 10.0. The molecule has 3 amide bonds. The van der Waals surface area contributed by atoms with Crippen LogP contribution in [-0.2, 0) is 14.3 Å².